The third-order valence-electron chi connectivity index (χ3n) is 4.53. The zero-order chi connectivity index (χ0) is 21.1. The summed E-state index contributed by atoms with van der Waals surface area (Å²) >= 11 is 0. The van der Waals surface area contributed by atoms with Crippen LogP contribution in [0.2, 0.25) is 0 Å². The maximum atomic E-state index is 13.4. The molecule has 7 nitrogen and oxygen atoms in total. The fourth-order valence-corrected chi connectivity index (χ4v) is 3.51. The highest BCUT2D eigenvalue weighted by Gasteiger charge is 2.46. The molecule has 0 aromatic rings. The summed E-state index contributed by atoms with van der Waals surface area (Å²) in [5.41, 5.74) is -0.783. The Kier molecular flexibility index (Phi) is 7.46. The van der Waals surface area contributed by atoms with Gasteiger partial charge >= 0.3 is 6.09 Å². The van der Waals surface area contributed by atoms with Crippen molar-refractivity contribution in [3.63, 3.8) is 0 Å². The number of carboxylic acid groups (broad SMARTS) is 1. The molecule has 154 valence electrons. The van der Waals surface area contributed by atoms with E-state index in [9.17, 15) is 19.5 Å². The lowest BCUT2D eigenvalue weighted by Gasteiger charge is -2.41. The predicted molar refractivity (Wildman–Crippen MR) is 103 cm³/mol. The van der Waals surface area contributed by atoms with Crippen molar-refractivity contribution < 1.29 is 24.2 Å². The first-order valence-corrected chi connectivity index (χ1v) is 9.46. The highest BCUT2D eigenvalue weighted by atomic mass is 16.5. The predicted octanol–water partition coefficient (Wildman–Crippen LogP) is 3.49. The second-order valence-corrected chi connectivity index (χ2v) is 8.91. The van der Waals surface area contributed by atoms with Crippen molar-refractivity contribution >= 4 is 17.9 Å². The molecule has 1 rings (SSSR count). The summed E-state index contributed by atoms with van der Waals surface area (Å²) < 4.78 is 5.33. The molecular formula is C20H34N2O5. The first kappa shape index (κ1) is 23.0. The number of carbonyl (C=O) groups is 3. The van der Waals surface area contributed by atoms with Crippen LogP contribution in [0.4, 0.5) is 4.79 Å². The first-order chi connectivity index (χ1) is 12.3. The fraction of sp³-hybridized carbons (Fsp3) is 0.750. The van der Waals surface area contributed by atoms with Crippen molar-refractivity contribution in [2.24, 2.45) is 11.8 Å². The van der Waals surface area contributed by atoms with Crippen molar-refractivity contribution in [1.29, 1.82) is 0 Å². The average Bonchev–Trinajstić information content (AvgIpc) is 2.78. The van der Waals surface area contributed by atoms with Gasteiger partial charge in [0, 0.05) is 11.6 Å². The number of ether oxygens (including phenoxy) is 1. The molecule has 0 fully saturated rings. The summed E-state index contributed by atoms with van der Waals surface area (Å²) in [7, 11) is 1.48. The number of rotatable bonds is 7. The molecule has 0 aromatic carbocycles. The molecule has 0 radical (unpaired) electrons. The van der Waals surface area contributed by atoms with Crippen LogP contribution in [0.3, 0.4) is 0 Å². The van der Waals surface area contributed by atoms with Gasteiger partial charge in [0.1, 0.15) is 11.8 Å². The number of hydrogen-bond acceptors (Lipinski definition) is 4. The number of nitrogens with zero attached hydrogens (tertiary/aromatic N) is 2. The van der Waals surface area contributed by atoms with Gasteiger partial charge in [-0.2, -0.15) is 0 Å². The van der Waals surface area contributed by atoms with E-state index in [1.165, 1.54) is 23.0 Å². The highest BCUT2D eigenvalue weighted by molar-refractivity contribution is 6.06. The Hall–Kier alpha value is -2.05. The minimum atomic E-state index is -1.17. The van der Waals surface area contributed by atoms with Gasteiger partial charge in [-0.05, 0) is 45.4 Å². The van der Waals surface area contributed by atoms with Gasteiger partial charge in [0.05, 0.1) is 13.2 Å². The zero-order valence-electron chi connectivity index (χ0n) is 17.8. The second kappa shape index (κ2) is 8.76. The summed E-state index contributed by atoms with van der Waals surface area (Å²) in [6, 6.07) is -1.44. The van der Waals surface area contributed by atoms with Gasteiger partial charge < -0.3 is 9.84 Å². The van der Waals surface area contributed by atoms with Crippen molar-refractivity contribution in [3.8, 4) is 0 Å². The van der Waals surface area contributed by atoms with E-state index in [-0.39, 0.29) is 11.8 Å². The molecule has 1 N–H and O–H groups in total. The molecule has 3 amide bonds. The van der Waals surface area contributed by atoms with Gasteiger partial charge in [-0.15, -0.1) is 0 Å². The minimum Gasteiger partial charge on any atom is -0.499 e. The lowest BCUT2D eigenvalue weighted by atomic mass is 9.95. The van der Waals surface area contributed by atoms with Crippen molar-refractivity contribution in [2.75, 3.05) is 7.11 Å². The van der Waals surface area contributed by atoms with E-state index >= 15 is 0 Å². The zero-order valence-corrected chi connectivity index (χ0v) is 17.8. The van der Waals surface area contributed by atoms with Crippen LogP contribution in [0.1, 0.15) is 61.3 Å². The van der Waals surface area contributed by atoms with E-state index in [2.05, 4.69) is 0 Å². The lowest BCUT2D eigenvalue weighted by molar-refractivity contribution is -0.148. The Morgan fingerprint density at radius 2 is 1.78 bits per heavy atom. The Morgan fingerprint density at radius 3 is 2.15 bits per heavy atom. The van der Waals surface area contributed by atoms with Crippen molar-refractivity contribution in [2.45, 2.75) is 78.9 Å². The minimum absolute atomic E-state index is 0.0826. The van der Waals surface area contributed by atoms with Gasteiger partial charge in [-0.25, -0.2) is 4.79 Å². The van der Waals surface area contributed by atoms with Crippen LogP contribution in [0, 0.1) is 11.8 Å². The highest BCUT2D eigenvalue weighted by Crippen LogP contribution is 2.30. The molecule has 7 heteroatoms. The van der Waals surface area contributed by atoms with Gasteiger partial charge in [0.2, 0.25) is 0 Å². The molecule has 0 saturated carbocycles. The topological polar surface area (TPSA) is 87.2 Å². The third-order valence-corrected chi connectivity index (χ3v) is 4.53. The molecule has 0 saturated heterocycles. The quantitative estimate of drug-likeness (QED) is 0.728. The van der Waals surface area contributed by atoms with Crippen LogP contribution < -0.4 is 0 Å². The van der Waals surface area contributed by atoms with Gasteiger partial charge in [-0.3, -0.25) is 19.4 Å². The maximum absolute atomic E-state index is 13.4. The monoisotopic (exact) mass is 382 g/mol. The Bertz CT molecular complexity index is 604. The Labute approximate surface area is 162 Å². The molecule has 0 aromatic heterocycles. The number of hydrogen-bond donors (Lipinski definition) is 1. The van der Waals surface area contributed by atoms with Crippen LogP contribution >= 0.6 is 0 Å². The Balaban J connectivity index is 3.35. The Morgan fingerprint density at radius 1 is 1.22 bits per heavy atom. The van der Waals surface area contributed by atoms with Crippen LogP contribution in [0.15, 0.2) is 11.8 Å². The van der Waals surface area contributed by atoms with E-state index in [0.717, 1.165) is 0 Å². The molecule has 27 heavy (non-hydrogen) atoms. The van der Waals surface area contributed by atoms with E-state index in [4.69, 9.17) is 4.74 Å². The van der Waals surface area contributed by atoms with Crippen LogP contribution in [-0.2, 0) is 14.3 Å². The van der Waals surface area contributed by atoms with Crippen LogP contribution in [0.25, 0.3) is 0 Å². The first-order valence-electron chi connectivity index (χ1n) is 9.46. The average molecular weight is 383 g/mol. The lowest BCUT2D eigenvalue weighted by Crippen LogP contribution is -2.59. The largest absolute Gasteiger partial charge is 0.499 e. The molecule has 0 bridgehead atoms. The molecule has 0 aliphatic carbocycles. The molecule has 1 aliphatic heterocycles. The molecule has 1 heterocycles. The molecule has 0 unspecified atom stereocenters. The normalized spacial score (nSPS) is 18.7. The van der Waals surface area contributed by atoms with E-state index in [1.54, 1.807) is 20.8 Å². The van der Waals surface area contributed by atoms with Gasteiger partial charge in [0.15, 0.2) is 0 Å². The summed E-state index contributed by atoms with van der Waals surface area (Å²) in [6.07, 6.45) is 1.06. The molecular weight excluding hydrogens is 348 g/mol. The van der Waals surface area contributed by atoms with E-state index < -0.39 is 35.5 Å². The van der Waals surface area contributed by atoms with Crippen molar-refractivity contribution in [3.05, 3.63) is 11.8 Å². The summed E-state index contributed by atoms with van der Waals surface area (Å²) in [4.78, 5) is 40.4. The number of imide groups is 1. The van der Waals surface area contributed by atoms with Crippen molar-refractivity contribution in [1.82, 2.24) is 9.80 Å². The maximum Gasteiger partial charge on any atom is 0.408 e. The SMILES string of the molecule is COC1=CC(=O)N(C(=O)[C@@H](CC(C)C)N(C(=O)O)C(C)(C)C)[C@H]1CC(C)C. The number of amides is 3. The molecule has 0 spiro atoms. The van der Waals surface area contributed by atoms with E-state index in [1.807, 2.05) is 27.7 Å². The third kappa shape index (κ3) is 5.47. The summed E-state index contributed by atoms with van der Waals surface area (Å²) in [6.45, 7) is 13.1. The second-order valence-electron chi connectivity index (χ2n) is 8.91. The van der Waals surface area contributed by atoms with Gasteiger partial charge in [0.25, 0.3) is 11.8 Å². The standard InChI is InChI=1S/C20H34N2O5/c1-12(2)9-14-16(27-8)11-17(23)21(14)18(24)15(10-13(3)4)22(19(25)26)20(5,6)7/h11-15H,9-10H2,1-8H3,(H,25,26)/t14-,15+/m0/s1. The molecule has 1 aliphatic rings. The summed E-state index contributed by atoms with van der Waals surface area (Å²) in [5.74, 6) is -0.172. The van der Waals surface area contributed by atoms with Crippen LogP contribution in [-0.4, -0.2) is 57.5 Å². The number of carbonyl (C=O) groups excluding carboxylic acids is 2. The van der Waals surface area contributed by atoms with Crippen LogP contribution in [0.5, 0.6) is 0 Å². The smallest absolute Gasteiger partial charge is 0.408 e. The number of methoxy groups -OCH3 is 1. The summed E-state index contributed by atoms with van der Waals surface area (Å²) in [5, 5.41) is 9.79. The molecule has 2 atom stereocenters. The van der Waals surface area contributed by atoms with Gasteiger partial charge in [-0.1, -0.05) is 27.7 Å². The fourth-order valence-electron chi connectivity index (χ4n) is 3.51. The van der Waals surface area contributed by atoms with E-state index in [0.29, 0.717) is 18.6 Å².